The first-order valence-corrected chi connectivity index (χ1v) is 11.5. The zero-order valence-corrected chi connectivity index (χ0v) is 18.0. The van der Waals surface area contributed by atoms with Crippen molar-refractivity contribution in [2.45, 2.75) is 64.7 Å². The van der Waals surface area contributed by atoms with Crippen LogP contribution in [0.25, 0.3) is 0 Å². The van der Waals surface area contributed by atoms with Gasteiger partial charge in [0.1, 0.15) is 0 Å². The van der Waals surface area contributed by atoms with E-state index in [-0.39, 0.29) is 29.6 Å². The van der Waals surface area contributed by atoms with Gasteiger partial charge in [-0.05, 0) is 68.7 Å². The molecule has 3 rings (SSSR count). The van der Waals surface area contributed by atoms with Crippen LogP contribution >= 0.6 is 0 Å². The maximum Gasteiger partial charge on any atom is 0.251 e. The molecule has 0 saturated heterocycles. The number of nitrogens with one attached hydrogen (secondary N) is 3. The second-order valence-electron chi connectivity index (χ2n) is 8.75. The zero-order chi connectivity index (χ0) is 21.3. The van der Waals surface area contributed by atoms with Gasteiger partial charge in [0.05, 0.1) is 0 Å². The average Bonchev–Trinajstić information content (AvgIpc) is 3.61. The maximum absolute atomic E-state index is 12.4. The quantitative estimate of drug-likeness (QED) is 0.509. The molecule has 1 aromatic rings. The van der Waals surface area contributed by atoms with Crippen LogP contribution in [0, 0.1) is 17.8 Å². The summed E-state index contributed by atoms with van der Waals surface area (Å²) in [5.74, 6) is 1.06. The number of hydrogen-bond acceptors (Lipinski definition) is 3. The predicted octanol–water partition coefficient (Wildman–Crippen LogP) is 3.88. The molecule has 6 heteroatoms. The molecule has 0 bridgehead atoms. The summed E-state index contributed by atoms with van der Waals surface area (Å²) in [5.41, 5.74) is 1.25. The first-order valence-electron chi connectivity index (χ1n) is 11.5. The molecule has 0 aliphatic heterocycles. The van der Waals surface area contributed by atoms with E-state index in [1.54, 1.807) is 24.3 Å². The van der Waals surface area contributed by atoms with E-state index < -0.39 is 0 Å². The Bertz CT molecular complexity index is 720. The lowest BCUT2D eigenvalue weighted by molar-refractivity contribution is -0.126. The molecule has 0 aromatic heterocycles. The molecule has 6 nitrogen and oxygen atoms in total. The smallest absolute Gasteiger partial charge is 0.251 e. The first-order chi connectivity index (χ1) is 14.6. The standard InChI is InChI=1S/C24H35N3O3/c1-2-3-4-17-5-7-18(8-6-17)22(28)25-15-16-26-23(29)19-11-13-21(14-12-19)27-24(30)20-9-10-20/h11-14,17-18,20H,2-10,15-16H2,1H3,(H,25,28)(H,26,29)(H,27,30). The summed E-state index contributed by atoms with van der Waals surface area (Å²) < 4.78 is 0. The fourth-order valence-electron chi connectivity index (χ4n) is 4.11. The Morgan fingerprint density at radius 1 is 0.833 bits per heavy atom. The molecule has 0 atom stereocenters. The average molecular weight is 414 g/mol. The van der Waals surface area contributed by atoms with Gasteiger partial charge >= 0.3 is 0 Å². The lowest BCUT2D eigenvalue weighted by Gasteiger charge is -2.27. The highest BCUT2D eigenvalue weighted by Gasteiger charge is 2.29. The second kappa shape index (κ2) is 11.1. The van der Waals surface area contributed by atoms with Gasteiger partial charge in [-0.1, -0.05) is 26.2 Å². The summed E-state index contributed by atoms with van der Waals surface area (Å²) in [4.78, 5) is 36.4. The van der Waals surface area contributed by atoms with Gasteiger partial charge in [-0.3, -0.25) is 14.4 Å². The fraction of sp³-hybridized carbons (Fsp3) is 0.625. The van der Waals surface area contributed by atoms with E-state index in [1.807, 2.05) is 0 Å². The molecule has 2 aliphatic rings. The van der Waals surface area contributed by atoms with Crippen LogP contribution in [0.4, 0.5) is 5.69 Å². The molecule has 0 spiro atoms. The molecule has 2 fully saturated rings. The Kier molecular flexibility index (Phi) is 8.29. The van der Waals surface area contributed by atoms with Crippen LogP contribution in [0.15, 0.2) is 24.3 Å². The molecule has 3 N–H and O–H groups in total. The summed E-state index contributed by atoms with van der Waals surface area (Å²) in [6, 6.07) is 6.89. The zero-order valence-electron chi connectivity index (χ0n) is 18.0. The molecule has 1 aromatic carbocycles. The number of carbonyl (C=O) groups excluding carboxylic acids is 3. The van der Waals surface area contributed by atoms with E-state index in [2.05, 4.69) is 22.9 Å². The van der Waals surface area contributed by atoms with Crippen molar-refractivity contribution in [2.24, 2.45) is 17.8 Å². The Morgan fingerprint density at radius 2 is 1.43 bits per heavy atom. The summed E-state index contributed by atoms with van der Waals surface area (Å²) >= 11 is 0. The first kappa shape index (κ1) is 22.3. The van der Waals surface area contributed by atoms with Crippen molar-refractivity contribution in [3.05, 3.63) is 29.8 Å². The van der Waals surface area contributed by atoms with Crippen molar-refractivity contribution in [3.8, 4) is 0 Å². The van der Waals surface area contributed by atoms with E-state index in [0.29, 0.717) is 24.3 Å². The monoisotopic (exact) mass is 413 g/mol. The lowest BCUT2D eigenvalue weighted by Crippen LogP contribution is -2.38. The highest BCUT2D eigenvalue weighted by atomic mass is 16.2. The molecule has 0 heterocycles. The van der Waals surface area contributed by atoms with Crippen LogP contribution in [0.5, 0.6) is 0 Å². The molecular weight excluding hydrogens is 378 g/mol. The van der Waals surface area contributed by atoms with Gasteiger partial charge in [-0.2, -0.15) is 0 Å². The molecule has 0 unspecified atom stereocenters. The number of carbonyl (C=O) groups is 3. The van der Waals surface area contributed by atoms with Crippen LogP contribution in [0.1, 0.15) is 75.1 Å². The van der Waals surface area contributed by atoms with Crippen molar-refractivity contribution < 1.29 is 14.4 Å². The maximum atomic E-state index is 12.4. The van der Waals surface area contributed by atoms with Crippen LogP contribution in [-0.4, -0.2) is 30.8 Å². The van der Waals surface area contributed by atoms with Crippen LogP contribution in [0.2, 0.25) is 0 Å². The van der Waals surface area contributed by atoms with Gasteiger partial charge in [-0.25, -0.2) is 0 Å². The minimum atomic E-state index is -0.180. The van der Waals surface area contributed by atoms with Gasteiger partial charge in [0.15, 0.2) is 0 Å². The SMILES string of the molecule is CCCCC1CCC(C(=O)NCCNC(=O)c2ccc(NC(=O)C3CC3)cc2)CC1. The molecule has 3 amide bonds. The summed E-state index contributed by atoms with van der Waals surface area (Å²) in [6.45, 7) is 3.06. The van der Waals surface area contributed by atoms with E-state index in [1.165, 1.54) is 19.3 Å². The predicted molar refractivity (Wildman–Crippen MR) is 118 cm³/mol. The van der Waals surface area contributed by atoms with Gasteiger partial charge in [-0.15, -0.1) is 0 Å². The number of rotatable bonds is 10. The second-order valence-corrected chi connectivity index (χ2v) is 8.75. The van der Waals surface area contributed by atoms with Crippen LogP contribution < -0.4 is 16.0 Å². The fourth-order valence-corrected chi connectivity index (χ4v) is 4.11. The normalized spacial score (nSPS) is 21.0. The highest BCUT2D eigenvalue weighted by molar-refractivity contribution is 5.96. The van der Waals surface area contributed by atoms with Crippen LogP contribution in [-0.2, 0) is 9.59 Å². The minimum Gasteiger partial charge on any atom is -0.354 e. The van der Waals surface area contributed by atoms with Gasteiger partial charge in [0.25, 0.3) is 5.91 Å². The molecule has 0 radical (unpaired) electrons. The number of unbranched alkanes of at least 4 members (excludes halogenated alkanes) is 1. The Balaban J connectivity index is 1.30. The highest BCUT2D eigenvalue weighted by Crippen LogP contribution is 2.32. The molecule has 30 heavy (non-hydrogen) atoms. The van der Waals surface area contributed by atoms with Crippen molar-refractivity contribution >= 4 is 23.4 Å². The molecule has 164 valence electrons. The number of benzene rings is 1. The van der Waals surface area contributed by atoms with E-state index >= 15 is 0 Å². The van der Waals surface area contributed by atoms with Gasteiger partial charge in [0.2, 0.25) is 11.8 Å². The van der Waals surface area contributed by atoms with Gasteiger partial charge < -0.3 is 16.0 Å². The molecule has 2 saturated carbocycles. The van der Waals surface area contributed by atoms with Gasteiger partial charge in [0, 0.05) is 36.2 Å². The Morgan fingerprint density at radius 3 is 2.07 bits per heavy atom. The largest absolute Gasteiger partial charge is 0.354 e. The lowest BCUT2D eigenvalue weighted by atomic mass is 9.79. The Hall–Kier alpha value is -2.37. The topological polar surface area (TPSA) is 87.3 Å². The molecule has 2 aliphatic carbocycles. The Labute approximate surface area is 179 Å². The van der Waals surface area contributed by atoms with E-state index in [4.69, 9.17) is 0 Å². The number of anilines is 1. The van der Waals surface area contributed by atoms with E-state index in [0.717, 1.165) is 44.4 Å². The third-order valence-corrected chi connectivity index (χ3v) is 6.26. The minimum absolute atomic E-state index is 0.0531. The van der Waals surface area contributed by atoms with Crippen molar-refractivity contribution in [1.82, 2.24) is 10.6 Å². The third-order valence-electron chi connectivity index (χ3n) is 6.26. The number of hydrogen-bond donors (Lipinski definition) is 3. The van der Waals surface area contributed by atoms with Crippen LogP contribution in [0.3, 0.4) is 0 Å². The number of amides is 3. The van der Waals surface area contributed by atoms with Crippen molar-refractivity contribution in [3.63, 3.8) is 0 Å². The van der Waals surface area contributed by atoms with Crippen molar-refractivity contribution in [2.75, 3.05) is 18.4 Å². The summed E-state index contributed by atoms with van der Waals surface area (Å²) in [5, 5.41) is 8.66. The summed E-state index contributed by atoms with van der Waals surface area (Å²) in [7, 11) is 0. The third kappa shape index (κ3) is 6.85. The summed E-state index contributed by atoms with van der Waals surface area (Å²) in [6.07, 6.45) is 10.0. The molecular formula is C24H35N3O3. The van der Waals surface area contributed by atoms with Crippen molar-refractivity contribution in [1.29, 1.82) is 0 Å². The van der Waals surface area contributed by atoms with E-state index in [9.17, 15) is 14.4 Å².